The van der Waals surface area contributed by atoms with Crippen molar-refractivity contribution in [3.63, 3.8) is 0 Å². The number of fused-ring (bicyclic) bond motifs is 1. The Labute approximate surface area is 114 Å². The van der Waals surface area contributed by atoms with Gasteiger partial charge in [0.2, 0.25) is 0 Å². The van der Waals surface area contributed by atoms with E-state index in [0.29, 0.717) is 16.5 Å². The molecule has 2 unspecified atom stereocenters. The zero-order chi connectivity index (χ0) is 14.5. The number of benzene rings is 1. The summed E-state index contributed by atoms with van der Waals surface area (Å²) in [7, 11) is 0. The van der Waals surface area contributed by atoms with Crippen LogP contribution in [0.25, 0.3) is 21.3 Å². The summed E-state index contributed by atoms with van der Waals surface area (Å²) in [4.78, 5) is 17.1. The zero-order valence-electron chi connectivity index (χ0n) is 10.6. The number of azide groups is 1. The van der Waals surface area contributed by atoms with E-state index in [1.807, 2.05) is 0 Å². The molecule has 0 bridgehead atoms. The summed E-state index contributed by atoms with van der Waals surface area (Å²) in [6.07, 6.45) is -0.446. The molecule has 0 radical (unpaired) electrons. The number of hydrogen-bond acceptors (Lipinski definition) is 4. The Kier molecular flexibility index (Phi) is 4.37. The molecule has 2 aromatic rings. The van der Waals surface area contributed by atoms with Crippen LogP contribution in [0.1, 0.15) is 18.1 Å². The molecule has 0 amide bonds. The first-order valence-corrected chi connectivity index (χ1v) is 6.12. The molecule has 3 N–H and O–H groups in total. The molecular weight excluding hydrogens is 260 g/mol. The Morgan fingerprint density at radius 3 is 2.90 bits per heavy atom. The summed E-state index contributed by atoms with van der Waals surface area (Å²) < 4.78 is 0. The second-order valence-electron chi connectivity index (χ2n) is 4.40. The third kappa shape index (κ3) is 2.97. The molecule has 104 valence electrons. The maximum atomic E-state index is 11.6. The van der Waals surface area contributed by atoms with Crippen LogP contribution in [0.2, 0.25) is 0 Å². The Hall–Kier alpha value is -2.34. The molecule has 20 heavy (non-hydrogen) atoms. The van der Waals surface area contributed by atoms with Gasteiger partial charge in [-0.05, 0) is 29.6 Å². The smallest absolute Gasteiger partial charge is 0.189 e. The normalized spacial score (nSPS) is 13.7. The lowest BCUT2D eigenvalue weighted by Gasteiger charge is -2.17. The van der Waals surface area contributed by atoms with Crippen molar-refractivity contribution in [2.75, 3.05) is 6.54 Å². The van der Waals surface area contributed by atoms with Crippen molar-refractivity contribution in [1.82, 2.24) is 4.98 Å². The van der Waals surface area contributed by atoms with E-state index in [9.17, 15) is 15.0 Å². The molecule has 1 heterocycles. The molecule has 0 spiro atoms. The quantitative estimate of drug-likeness (QED) is 0.436. The molecule has 0 saturated carbocycles. The van der Waals surface area contributed by atoms with Gasteiger partial charge in [-0.2, -0.15) is 0 Å². The fraction of sp³-hybridized carbons (Fsp3) is 0.308. The molecule has 0 aliphatic carbocycles. The van der Waals surface area contributed by atoms with Crippen LogP contribution in [0, 0.1) is 0 Å². The van der Waals surface area contributed by atoms with Gasteiger partial charge in [0.05, 0.1) is 6.10 Å². The minimum Gasteiger partial charge on any atom is -0.390 e. The first kappa shape index (κ1) is 14.1. The van der Waals surface area contributed by atoms with E-state index < -0.39 is 12.2 Å². The maximum absolute atomic E-state index is 11.6. The van der Waals surface area contributed by atoms with Crippen molar-refractivity contribution in [2.24, 2.45) is 5.11 Å². The number of nitrogens with one attached hydrogen (secondary N) is 1. The zero-order valence-corrected chi connectivity index (χ0v) is 10.6. The molecule has 7 nitrogen and oxygen atoms in total. The second kappa shape index (κ2) is 6.21. The summed E-state index contributed by atoms with van der Waals surface area (Å²) >= 11 is 0. The van der Waals surface area contributed by atoms with Crippen LogP contribution in [-0.4, -0.2) is 27.8 Å². The minimum absolute atomic E-state index is 0.108. The van der Waals surface area contributed by atoms with Gasteiger partial charge in [-0.25, -0.2) is 0 Å². The van der Waals surface area contributed by atoms with E-state index in [0.717, 1.165) is 0 Å². The summed E-state index contributed by atoms with van der Waals surface area (Å²) in [5.41, 5.74) is 9.14. The average Bonchev–Trinajstić information content (AvgIpc) is 2.46. The molecular formula is C13H14N4O3. The van der Waals surface area contributed by atoms with Gasteiger partial charge in [-0.3, -0.25) is 4.79 Å². The van der Waals surface area contributed by atoms with Crippen molar-refractivity contribution < 1.29 is 10.2 Å². The van der Waals surface area contributed by atoms with Crippen molar-refractivity contribution >= 4 is 10.9 Å². The molecule has 0 aliphatic rings. The van der Waals surface area contributed by atoms with Crippen LogP contribution in [0.3, 0.4) is 0 Å². The van der Waals surface area contributed by atoms with Crippen molar-refractivity contribution in [3.05, 3.63) is 56.7 Å². The fourth-order valence-electron chi connectivity index (χ4n) is 1.99. The van der Waals surface area contributed by atoms with Gasteiger partial charge < -0.3 is 15.2 Å². The first-order valence-electron chi connectivity index (χ1n) is 6.12. The van der Waals surface area contributed by atoms with Crippen molar-refractivity contribution in [2.45, 2.75) is 18.6 Å². The lowest BCUT2D eigenvalue weighted by atomic mass is 10.0. The standard InChI is InChI=1S/C13H14N4O3/c14-17-16-6-4-12(19)13(20)8-1-2-9-10(7-8)15-5-3-11(9)18/h1-3,5,7,12-13,19-20H,4,6H2,(H,15,18). The van der Waals surface area contributed by atoms with Gasteiger partial charge in [-0.15, -0.1) is 0 Å². The molecule has 0 saturated heterocycles. The van der Waals surface area contributed by atoms with E-state index >= 15 is 0 Å². The van der Waals surface area contributed by atoms with Crippen LogP contribution in [-0.2, 0) is 0 Å². The number of H-pyrrole nitrogens is 1. The predicted molar refractivity (Wildman–Crippen MR) is 74.2 cm³/mol. The number of aliphatic hydroxyl groups is 2. The summed E-state index contributed by atoms with van der Waals surface area (Å²) in [6, 6.07) is 6.25. The monoisotopic (exact) mass is 274 g/mol. The van der Waals surface area contributed by atoms with Gasteiger partial charge in [0.15, 0.2) is 5.43 Å². The SMILES string of the molecule is [N-]=[N+]=NCCC(O)C(O)c1ccc2c(=O)cc[nH]c2c1. The molecule has 0 fully saturated rings. The molecule has 2 atom stereocenters. The van der Waals surface area contributed by atoms with E-state index in [1.54, 1.807) is 18.2 Å². The number of nitrogens with zero attached hydrogens (tertiary/aromatic N) is 3. The summed E-state index contributed by atoms with van der Waals surface area (Å²) in [5.74, 6) is 0. The number of aromatic amines is 1. The van der Waals surface area contributed by atoms with E-state index in [-0.39, 0.29) is 18.4 Å². The predicted octanol–water partition coefficient (Wildman–Crippen LogP) is 1.62. The van der Waals surface area contributed by atoms with E-state index in [2.05, 4.69) is 15.0 Å². The molecule has 2 rings (SSSR count). The third-order valence-electron chi connectivity index (χ3n) is 3.08. The van der Waals surface area contributed by atoms with E-state index in [4.69, 9.17) is 5.53 Å². The van der Waals surface area contributed by atoms with Crippen LogP contribution in [0.5, 0.6) is 0 Å². The number of hydrogen-bond donors (Lipinski definition) is 3. The number of aliphatic hydroxyl groups excluding tert-OH is 2. The lowest BCUT2D eigenvalue weighted by molar-refractivity contribution is 0.0151. The Balaban J connectivity index is 2.24. The molecule has 1 aromatic carbocycles. The highest BCUT2D eigenvalue weighted by Gasteiger charge is 2.18. The Bertz CT molecular complexity index is 706. The first-order chi connectivity index (χ1) is 9.63. The minimum atomic E-state index is -1.10. The largest absolute Gasteiger partial charge is 0.390 e. The number of pyridine rings is 1. The van der Waals surface area contributed by atoms with Gasteiger partial charge in [0.25, 0.3) is 0 Å². The highest BCUT2D eigenvalue weighted by molar-refractivity contribution is 5.78. The number of rotatable bonds is 5. The molecule has 0 aliphatic heterocycles. The third-order valence-corrected chi connectivity index (χ3v) is 3.08. The molecule has 7 heteroatoms. The van der Waals surface area contributed by atoms with Gasteiger partial charge in [-0.1, -0.05) is 11.2 Å². The highest BCUT2D eigenvalue weighted by Crippen LogP contribution is 2.21. The van der Waals surface area contributed by atoms with Gasteiger partial charge in [0, 0.05) is 34.6 Å². The summed E-state index contributed by atoms with van der Waals surface area (Å²) in [5, 5.41) is 23.7. The Morgan fingerprint density at radius 1 is 1.35 bits per heavy atom. The van der Waals surface area contributed by atoms with E-state index in [1.165, 1.54) is 12.3 Å². The van der Waals surface area contributed by atoms with Gasteiger partial charge >= 0.3 is 0 Å². The Morgan fingerprint density at radius 2 is 2.15 bits per heavy atom. The second-order valence-corrected chi connectivity index (χ2v) is 4.40. The highest BCUT2D eigenvalue weighted by atomic mass is 16.3. The van der Waals surface area contributed by atoms with Crippen LogP contribution in [0.4, 0.5) is 0 Å². The van der Waals surface area contributed by atoms with Crippen LogP contribution in [0.15, 0.2) is 40.4 Å². The van der Waals surface area contributed by atoms with Gasteiger partial charge in [0.1, 0.15) is 6.10 Å². The van der Waals surface area contributed by atoms with Crippen molar-refractivity contribution in [3.8, 4) is 0 Å². The van der Waals surface area contributed by atoms with Crippen LogP contribution < -0.4 is 5.43 Å². The van der Waals surface area contributed by atoms with Crippen LogP contribution >= 0.6 is 0 Å². The molecule has 1 aromatic heterocycles. The van der Waals surface area contributed by atoms with Crippen molar-refractivity contribution in [1.29, 1.82) is 0 Å². The topological polar surface area (TPSA) is 122 Å². The average molecular weight is 274 g/mol. The fourth-order valence-corrected chi connectivity index (χ4v) is 1.99. The lowest BCUT2D eigenvalue weighted by Crippen LogP contribution is -2.19. The summed E-state index contributed by atoms with van der Waals surface area (Å²) in [6.45, 7) is 0.110. The maximum Gasteiger partial charge on any atom is 0.189 e. The number of aromatic nitrogens is 1.